The Kier molecular flexibility index (Phi) is 6.91. The van der Waals surface area contributed by atoms with Gasteiger partial charge in [0.1, 0.15) is 11.3 Å². The fraction of sp³-hybridized carbons (Fsp3) is 0.556. The zero-order chi connectivity index (χ0) is 17.4. The molecular formula is C18H24ClNO4. The van der Waals surface area contributed by atoms with Crippen molar-refractivity contribution in [2.75, 3.05) is 13.7 Å². The molecule has 0 aromatic heterocycles. The van der Waals surface area contributed by atoms with Gasteiger partial charge in [0.25, 0.3) is 0 Å². The molecular weight excluding hydrogens is 330 g/mol. The summed E-state index contributed by atoms with van der Waals surface area (Å²) in [5.41, 5.74) is -0.886. The Morgan fingerprint density at radius 1 is 1.12 bits per heavy atom. The van der Waals surface area contributed by atoms with Crippen molar-refractivity contribution in [3.63, 3.8) is 0 Å². The van der Waals surface area contributed by atoms with E-state index in [2.05, 4.69) is 5.32 Å². The number of carbonyl (C=O) groups excluding carboxylic acids is 2. The van der Waals surface area contributed by atoms with Crippen LogP contribution in [0.25, 0.3) is 0 Å². The van der Waals surface area contributed by atoms with E-state index in [0.29, 0.717) is 23.6 Å². The normalized spacial score (nSPS) is 16.8. The molecule has 1 aliphatic rings. The van der Waals surface area contributed by atoms with Crippen LogP contribution in [0, 0.1) is 0 Å². The number of nitrogens with one attached hydrogen (secondary N) is 1. The molecule has 5 nitrogen and oxygen atoms in total. The first-order valence-corrected chi connectivity index (χ1v) is 8.71. The van der Waals surface area contributed by atoms with E-state index in [0.717, 1.165) is 25.7 Å². The fourth-order valence-corrected chi connectivity index (χ4v) is 3.16. The molecule has 1 N–H and O–H groups in total. The second-order valence-corrected chi connectivity index (χ2v) is 6.52. The summed E-state index contributed by atoms with van der Waals surface area (Å²) in [6, 6.07) is 6.96. The SMILES string of the molecule is COC(=O)C1(NC(=O)CCOc2ccc(Cl)cc2)CCCCCC1. The van der Waals surface area contributed by atoms with Gasteiger partial charge in [-0.1, -0.05) is 37.3 Å². The van der Waals surface area contributed by atoms with Crippen molar-refractivity contribution < 1.29 is 19.1 Å². The Bertz CT molecular complexity index is 551. The molecule has 0 radical (unpaired) electrons. The van der Waals surface area contributed by atoms with Crippen LogP contribution in [0.2, 0.25) is 5.02 Å². The molecule has 0 atom stereocenters. The van der Waals surface area contributed by atoms with Crippen LogP contribution in [0.4, 0.5) is 0 Å². The van der Waals surface area contributed by atoms with Crippen LogP contribution in [0.15, 0.2) is 24.3 Å². The minimum absolute atomic E-state index is 0.182. The number of amides is 1. The average molecular weight is 354 g/mol. The average Bonchev–Trinajstić information content (AvgIpc) is 2.82. The van der Waals surface area contributed by atoms with Gasteiger partial charge >= 0.3 is 5.97 Å². The maximum Gasteiger partial charge on any atom is 0.331 e. The number of carbonyl (C=O) groups is 2. The fourth-order valence-electron chi connectivity index (χ4n) is 3.03. The van der Waals surface area contributed by atoms with Crippen LogP contribution < -0.4 is 10.1 Å². The van der Waals surface area contributed by atoms with Crippen molar-refractivity contribution in [3.8, 4) is 5.75 Å². The van der Waals surface area contributed by atoms with Gasteiger partial charge in [-0.05, 0) is 37.1 Å². The van der Waals surface area contributed by atoms with Crippen molar-refractivity contribution >= 4 is 23.5 Å². The summed E-state index contributed by atoms with van der Waals surface area (Å²) >= 11 is 5.81. The molecule has 6 heteroatoms. The highest BCUT2D eigenvalue weighted by Crippen LogP contribution is 2.28. The smallest absolute Gasteiger partial charge is 0.331 e. The zero-order valence-corrected chi connectivity index (χ0v) is 14.7. The van der Waals surface area contributed by atoms with Gasteiger partial charge in [-0.2, -0.15) is 0 Å². The molecule has 1 aliphatic carbocycles. The first kappa shape index (κ1) is 18.6. The zero-order valence-electron chi connectivity index (χ0n) is 14.0. The third kappa shape index (κ3) is 5.13. The van der Waals surface area contributed by atoms with Crippen LogP contribution in [0.3, 0.4) is 0 Å². The van der Waals surface area contributed by atoms with E-state index >= 15 is 0 Å². The maximum absolute atomic E-state index is 12.3. The third-order valence-corrected chi connectivity index (χ3v) is 4.58. The largest absolute Gasteiger partial charge is 0.493 e. The van der Waals surface area contributed by atoms with E-state index in [4.69, 9.17) is 21.1 Å². The number of rotatable bonds is 6. The predicted octanol–water partition coefficient (Wildman–Crippen LogP) is 3.49. The van der Waals surface area contributed by atoms with E-state index in [1.54, 1.807) is 24.3 Å². The Morgan fingerprint density at radius 2 is 1.75 bits per heavy atom. The van der Waals surface area contributed by atoms with Gasteiger partial charge in [-0.25, -0.2) is 4.79 Å². The van der Waals surface area contributed by atoms with E-state index in [1.807, 2.05) is 0 Å². The molecule has 1 aromatic rings. The molecule has 1 fully saturated rings. The van der Waals surface area contributed by atoms with Crippen LogP contribution in [0.5, 0.6) is 5.75 Å². The molecule has 1 aromatic carbocycles. The van der Waals surface area contributed by atoms with Gasteiger partial charge in [0, 0.05) is 5.02 Å². The van der Waals surface area contributed by atoms with Gasteiger partial charge in [-0.3, -0.25) is 4.79 Å². The molecule has 0 spiro atoms. The lowest BCUT2D eigenvalue weighted by Crippen LogP contribution is -2.55. The Hall–Kier alpha value is -1.75. The van der Waals surface area contributed by atoms with Gasteiger partial charge in [0.2, 0.25) is 5.91 Å². The second kappa shape index (κ2) is 8.92. The summed E-state index contributed by atoms with van der Waals surface area (Å²) < 4.78 is 10.5. The Balaban J connectivity index is 1.88. The van der Waals surface area contributed by atoms with Gasteiger partial charge < -0.3 is 14.8 Å². The number of esters is 1. The molecule has 0 unspecified atom stereocenters. The number of hydrogen-bond donors (Lipinski definition) is 1. The standard InChI is InChI=1S/C18H24ClNO4/c1-23-17(22)18(11-4-2-3-5-12-18)20-16(21)10-13-24-15-8-6-14(19)7-9-15/h6-9H,2-5,10-13H2,1H3,(H,20,21). The molecule has 2 rings (SSSR count). The molecule has 24 heavy (non-hydrogen) atoms. The Morgan fingerprint density at radius 3 is 2.33 bits per heavy atom. The van der Waals surface area contributed by atoms with E-state index in [-0.39, 0.29) is 24.9 Å². The summed E-state index contributed by atoms with van der Waals surface area (Å²) in [4.78, 5) is 24.5. The lowest BCUT2D eigenvalue weighted by molar-refractivity contribution is -0.151. The lowest BCUT2D eigenvalue weighted by atomic mass is 9.90. The van der Waals surface area contributed by atoms with E-state index in [9.17, 15) is 9.59 Å². The number of methoxy groups -OCH3 is 1. The van der Waals surface area contributed by atoms with Crippen molar-refractivity contribution in [1.82, 2.24) is 5.32 Å². The Labute approximate surface area is 147 Å². The topological polar surface area (TPSA) is 64.6 Å². The van der Waals surface area contributed by atoms with Crippen LogP contribution in [0.1, 0.15) is 44.9 Å². The maximum atomic E-state index is 12.3. The molecule has 0 saturated heterocycles. The predicted molar refractivity (Wildman–Crippen MR) is 92.2 cm³/mol. The number of hydrogen-bond acceptors (Lipinski definition) is 4. The molecule has 1 amide bonds. The van der Waals surface area contributed by atoms with Crippen molar-refractivity contribution in [2.45, 2.75) is 50.5 Å². The monoisotopic (exact) mass is 353 g/mol. The number of halogens is 1. The summed E-state index contributed by atoms with van der Waals surface area (Å²) in [7, 11) is 1.37. The summed E-state index contributed by atoms with van der Waals surface area (Å²) in [5.74, 6) is 0.108. The van der Waals surface area contributed by atoms with Crippen molar-refractivity contribution in [1.29, 1.82) is 0 Å². The number of benzene rings is 1. The van der Waals surface area contributed by atoms with Crippen molar-refractivity contribution in [3.05, 3.63) is 29.3 Å². The summed E-state index contributed by atoms with van der Waals surface area (Å²) in [6.07, 6.45) is 5.42. The highest BCUT2D eigenvalue weighted by atomic mass is 35.5. The minimum Gasteiger partial charge on any atom is -0.493 e. The number of ether oxygens (including phenoxy) is 2. The van der Waals surface area contributed by atoms with E-state index < -0.39 is 5.54 Å². The third-order valence-electron chi connectivity index (χ3n) is 4.32. The quantitative estimate of drug-likeness (QED) is 0.628. The van der Waals surface area contributed by atoms with Crippen molar-refractivity contribution in [2.24, 2.45) is 0 Å². The van der Waals surface area contributed by atoms with Crippen LogP contribution in [-0.2, 0) is 14.3 Å². The van der Waals surface area contributed by atoms with Gasteiger partial charge in [0.05, 0.1) is 20.1 Å². The van der Waals surface area contributed by atoms with Crippen LogP contribution in [-0.4, -0.2) is 31.1 Å². The summed E-state index contributed by atoms with van der Waals surface area (Å²) in [5, 5.41) is 3.54. The molecule has 1 saturated carbocycles. The molecule has 0 aliphatic heterocycles. The highest BCUT2D eigenvalue weighted by molar-refractivity contribution is 6.30. The second-order valence-electron chi connectivity index (χ2n) is 6.09. The summed E-state index contributed by atoms with van der Waals surface area (Å²) in [6.45, 7) is 0.241. The first-order chi connectivity index (χ1) is 11.6. The molecule has 132 valence electrons. The van der Waals surface area contributed by atoms with Gasteiger partial charge in [-0.15, -0.1) is 0 Å². The highest BCUT2D eigenvalue weighted by Gasteiger charge is 2.40. The van der Waals surface area contributed by atoms with E-state index in [1.165, 1.54) is 7.11 Å². The minimum atomic E-state index is -0.886. The molecule has 0 bridgehead atoms. The first-order valence-electron chi connectivity index (χ1n) is 8.33. The van der Waals surface area contributed by atoms with Crippen LogP contribution >= 0.6 is 11.6 Å². The molecule has 0 heterocycles. The van der Waals surface area contributed by atoms with Gasteiger partial charge in [0.15, 0.2) is 0 Å². The lowest BCUT2D eigenvalue weighted by Gasteiger charge is -2.30.